The molecule has 2 aromatic rings. The molecule has 0 spiro atoms. The van der Waals surface area contributed by atoms with Gasteiger partial charge in [-0.1, -0.05) is 26.0 Å². The summed E-state index contributed by atoms with van der Waals surface area (Å²) < 4.78 is 31.5. The Morgan fingerprint density at radius 2 is 1.62 bits per heavy atom. The molecule has 0 unspecified atom stereocenters. The van der Waals surface area contributed by atoms with E-state index in [1.54, 1.807) is 50.2 Å². The monoisotopic (exact) mass is 377 g/mol. The fraction of sp³-hybridized carbons (Fsp3) is 0.278. The molecule has 0 aliphatic heterocycles. The summed E-state index contributed by atoms with van der Waals surface area (Å²) in [5, 5.41) is 5.35. The van der Waals surface area contributed by atoms with E-state index in [-0.39, 0.29) is 4.90 Å². The molecule has 0 saturated carbocycles. The standard InChI is InChI=1S/C18H23N3O4S/c1-4-21(5-2)26(23,24)15-12-10-14(11-13-15)19-18(22)20-16-8-6-7-9-17(16)25-3/h6-13H,4-5H2,1-3H3,(H2,19,20,22). The first-order valence-corrected chi connectivity index (χ1v) is 9.67. The van der Waals surface area contributed by atoms with Crippen molar-refractivity contribution in [2.75, 3.05) is 30.8 Å². The summed E-state index contributed by atoms with van der Waals surface area (Å²) in [6.45, 7) is 4.39. The van der Waals surface area contributed by atoms with Crippen molar-refractivity contribution in [3.05, 3.63) is 48.5 Å². The largest absolute Gasteiger partial charge is 0.495 e. The molecule has 2 aromatic carbocycles. The number of ether oxygens (including phenoxy) is 1. The number of methoxy groups -OCH3 is 1. The molecule has 2 N–H and O–H groups in total. The summed E-state index contributed by atoms with van der Waals surface area (Å²) in [6.07, 6.45) is 0. The van der Waals surface area contributed by atoms with Gasteiger partial charge in [-0.25, -0.2) is 13.2 Å². The zero-order chi connectivity index (χ0) is 19.2. The van der Waals surface area contributed by atoms with Crippen LogP contribution >= 0.6 is 0 Å². The molecule has 2 amide bonds. The maximum Gasteiger partial charge on any atom is 0.323 e. The van der Waals surface area contributed by atoms with Gasteiger partial charge in [0.1, 0.15) is 5.75 Å². The van der Waals surface area contributed by atoms with E-state index in [4.69, 9.17) is 4.74 Å². The van der Waals surface area contributed by atoms with Crippen LogP contribution in [0, 0.1) is 0 Å². The van der Waals surface area contributed by atoms with Crippen molar-refractivity contribution in [3.63, 3.8) is 0 Å². The smallest absolute Gasteiger partial charge is 0.323 e. The Hall–Kier alpha value is -2.58. The zero-order valence-electron chi connectivity index (χ0n) is 15.0. The first-order chi connectivity index (χ1) is 12.4. The number of hydrogen-bond acceptors (Lipinski definition) is 4. The molecule has 0 fully saturated rings. The van der Waals surface area contributed by atoms with Gasteiger partial charge in [0, 0.05) is 18.8 Å². The van der Waals surface area contributed by atoms with Gasteiger partial charge < -0.3 is 15.4 Å². The average Bonchev–Trinajstić information content (AvgIpc) is 2.63. The number of anilines is 2. The molecule has 140 valence electrons. The number of carbonyl (C=O) groups is 1. The molecule has 0 bridgehead atoms. The normalized spacial score (nSPS) is 11.2. The molecule has 0 aliphatic carbocycles. The van der Waals surface area contributed by atoms with Crippen molar-refractivity contribution in [1.82, 2.24) is 4.31 Å². The lowest BCUT2D eigenvalue weighted by Crippen LogP contribution is -2.30. The minimum atomic E-state index is -3.52. The van der Waals surface area contributed by atoms with E-state index < -0.39 is 16.1 Å². The van der Waals surface area contributed by atoms with Gasteiger partial charge in [-0.2, -0.15) is 4.31 Å². The summed E-state index contributed by atoms with van der Waals surface area (Å²) in [5.74, 6) is 0.545. The topological polar surface area (TPSA) is 87.7 Å². The van der Waals surface area contributed by atoms with E-state index in [0.717, 1.165) is 0 Å². The highest BCUT2D eigenvalue weighted by molar-refractivity contribution is 7.89. The number of sulfonamides is 1. The Morgan fingerprint density at radius 1 is 1.00 bits per heavy atom. The Balaban J connectivity index is 2.08. The summed E-state index contributed by atoms with van der Waals surface area (Å²) in [7, 11) is -1.99. The quantitative estimate of drug-likeness (QED) is 0.774. The van der Waals surface area contributed by atoms with E-state index >= 15 is 0 Å². The Bertz CT molecular complexity index is 847. The summed E-state index contributed by atoms with van der Waals surface area (Å²) >= 11 is 0. The summed E-state index contributed by atoms with van der Waals surface area (Å²) in [6, 6.07) is 12.7. The van der Waals surface area contributed by atoms with Gasteiger partial charge in [-0.15, -0.1) is 0 Å². The van der Waals surface area contributed by atoms with Crippen LogP contribution in [0.5, 0.6) is 5.75 Å². The molecule has 2 rings (SSSR count). The van der Waals surface area contributed by atoms with Gasteiger partial charge >= 0.3 is 6.03 Å². The third-order valence-corrected chi connectivity index (χ3v) is 5.87. The number of amides is 2. The Labute approximate surface area is 154 Å². The highest BCUT2D eigenvalue weighted by atomic mass is 32.2. The maximum atomic E-state index is 12.5. The van der Waals surface area contributed by atoms with Crippen LogP contribution in [0.1, 0.15) is 13.8 Å². The van der Waals surface area contributed by atoms with Crippen LogP contribution < -0.4 is 15.4 Å². The lowest BCUT2D eigenvalue weighted by molar-refractivity contribution is 0.262. The van der Waals surface area contributed by atoms with Gasteiger partial charge in [-0.05, 0) is 36.4 Å². The van der Waals surface area contributed by atoms with Crippen molar-refractivity contribution in [1.29, 1.82) is 0 Å². The molecular weight excluding hydrogens is 354 g/mol. The second kappa shape index (κ2) is 8.68. The van der Waals surface area contributed by atoms with Crippen LogP contribution in [0.4, 0.5) is 16.2 Å². The van der Waals surface area contributed by atoms with E-state index in [0.29, 0.717) is 30.2 Å². The molecule has 7 nitrogen and oxygen atoms in total. The minimum absolute atomic E-state index is 0.192. The lowest BCUT2D eigenvalue weighted by Gasteiger charge is -2.18. The molecule has 0 aliphatic rings. The van der Waals surface area contributed by atoms with Crippen molar-refractivity contribution in [3.8, 4) is 5.75 Å². The zero-order valence-corrected chi connectivity index (χ0v) is 15.8. The van der Waals surface area contributed by atoms with Crippen LogP contribution in [-0.2, 0) is 10.0 Å². The molecule has 0 atom stereocenters. The van der Waals surface area contributed by atoms with Crippen LogP contribution in [-0.4, -0.2) is 39.0 Å². The van der Waals surface area contributed by atoms with Gasteiger partial charge in [0.2, 0.25) is 10.0 Å². The number of benzene rings is 2. The number of nitrogens with one attached hydrogen (secondary N) is 2. The fourth-order valence-electron chi connectivity index (χ4n) is 2.46. The van der Waals surface area contributed by atoms with Crippen molar-refractivity contribution in [2.24, 2.45) is 0 Å². The highest BCUT2D eigenvalue weighted by Gasteiger charge is 2.21. The second-order valence-electron chi connectivity index (χ2n) is 5.39. The van der Waals surface area contributed by atoms with Crippen molar-refractivity contribution < 1.29 is 17.9 Å². The van der Waals surface area contributed by atoms with Crippen LogP contribution in [0.15, 0.2) is 53.4 Å². The minimum Gasteiger partial charge on any atom is -0.495 e. The number of carbonyl (C=O) groups excluding carboxylic acids is 1. The predicted molar refractivity (Wildman–Crippen MR) is 102 cm³/mol. The SMILES string of the molecule is CCN(CC)S(=O)(=O)c1ccc(NC(=O)Nc2ccccc2OC)cc1. The lowest BCUT2D eigenvalue weighted by atomic mass is 10.3. The van der Waals surface area contributed by atoms with Gasteiger partial charge in [0.25, 0.3) is 0 Å². The second-order valence-corrected chi connectivity index (χ2v) is 7.33. The van der Waals surface area contributed by atoms with Gasteiger partial charge in [0.05, 0.1) is 17.7 Å². The first kappa shape index (κ1) is 19.7. The molecule has 0 heterocycles. The third-order valence-electron chi connectivity index (χ3n) is 3.81. The number of hydrogen-bond donors (Lipinski definition) is 2. The molecule has 0 aromatic heterocycles. The van der Waals surface area contributed by atoms with Crippen LogP contribution in [0.25, 0.3) is 0 Å². The van der Waals surface area contributed by atoms with E-state index in [1.807, 2.05) is 0 Å². The van der Waals surface area contributed by atoms with Crippen LogP contribution in [0.3, 0.4) is 0 Å². The predicted octanol–water partition coefficient (Wildman–Crippen LogP) is 3.37. The summed E-state index contributed by atoms with van der Waals surface area (Å²) in [4.78, 5) is 12.3. The summed E-state index contributed by atoms with van der Waals surface area (Å²) in [5.41, 5.74) is 1.02. The highest BCUT2D eigenvalue weighted by Crippen LogP contribution is 2.23. The molecule has 0 radical (unpaired) electrons. The Kier molecular flexibility index (Phi) is 6.59. The number of urea groups is 1. The van der Waals surface area contributed by atoms with E-state index in [9.17, 15) is 13.2 Å². The molecular formula is C18H23N3O4S. The van der Waals surface area contributed by atoms with E-state index in [1.165, 1.54) is 23.5 Å². The van der Waals surface area contributed by atoms with Crippen LogP contribution in [0.2, 0.25) is 0 Å². The van der Waals surface area contributed by atoms with Crippen molar-refractivity contribution in [2.45, 2.75) is 18.7 Å². The van der Waals surface area contributed by atoms with Gasteiger partial charge in [-0.3, -0.25) is 0 Å². The Morgan fingerprint density at radius 3 is 2.19 bits per heavy atom. The van der Waals surface area contributed by atoms with E-state index in [2.05, 4.69) is 10.6 Å². The molecule has 0 saturated heterocycles. The number of rotatable bonds is 7. The molecule has 8 heteroatoms. The third kappa shape index (κ3) is 4.53. The van der Waals surface area contributed by atoms with Crippen molar-refractivity contribution >= 4 is 27.4 Å². The molecule has 26 heavy (non-hydrogen) atoms. The number of nitrogens with zero attached hydrogens (tertiary/aromatic N) is 1. The number of para-hydroxylation sites is 2. The fourth-order valence-corrected chi connectivity index (χ4v) is 3.91. The van der Waals surface area contributed by atoms with Gasteiger partial charge in [0.15, 0.2) is 0 Å². The average molecular weight is 377 g/mol. The maximum absolute atomic E-state index is 12.5. The first-order valence-electron chi connectivity index (χ1n) is 8.23.